The van der Waals surface area contributed by atoms with Crippen LogP contribution in [0.25, 0.3) is 0 Å². The molecule has 2 N–H and O–H groups in total. The van der Waals surface area contributed by atoms with Crippen LogP contribution in [0.15, 0.2) is 5.38 Å². The van der Waals surface area contributed by atoms with Crippen molar-refractivity contribution in [2.24, 2.45) is 5.73 Å². The lowest BCUT2D eigenvalue weighted by Crippen LogP contribution is -2.44. The van der Waals surface area contributed by atoms with Crippen LogP contribution in [-0.4, -0.2) is 35.2 Å². The van der Waals surface area contributed by atoms with Crippen LogP contribution in [-0.2, 0) is 11.3 Å². The van der Waals surface area contributed by atoms with Crippen LogP contribution < -0.4 is 5.73 Å². The zero-order chi connectivity index (χ0) is 12.4. The molecule has 1 aromatic heterocycles. The fourth-order valence-electron chi connectivity index (χ4n) is 2.25. The van der Waals surface area contributed by atoms with E-state index in [0.717, 1.165) is 30.3 Å². The minimum Gasteiger partial charge on any atom is -0.373 e. The Morgan fingerprint density at radius 3 is 2.71 bits per heavy atom. The maximum absolute atomic E-state index is 5.82. The number of aromatic nitrogens is 1. The Balaban J connectivity index is 1.95. The number of nitrogens with zero attached hydrogens (tertiary/aromatic N) is 2. The average Bonchev–Trinajstić information content (AvgIpc) is 2.64. The third-order valence-electron chi connectivity index (χ3n) is 2.84. The highest BCUT2D eigenvalue weighted by Crippen LogP contribution is 2.19. The summed E-state index contributed by atoms with van der Waals surface area (Å²) in [5, 5.41) is 3.14. The Kier molecular flexibility index (Phi) is 4.14. The molecule has 0 aliphatic carbocycles. The molecule has 2 rings (SSSR count). The predicted molar refractivity (Wildman–Crippen MR) is 70.0 cm³/mol. The minimum atomic E-state index is 0.0382. The first-order valence-electron chi connectivity index (χ1n) is 6.12. The smallest absolute Gasteiger partial charge is 0.109 e. The van der Waals surface area contributed by atoms with E-state index in [1.54, 1.807) is 11.3 Å². The van der Waals surface area contributed by atoms with Crippen molar-refractivity contribution >= 4 is 11.3 Å². The second-order valence-corrected chi connectivity index (χ2v) is 5.81. The molecule has 1 aliphatic heterocycles. The number of rotatable bonds is 3. The van der Waals surface area contributed by atoms with Gasteiger partial charge in [0.15, 0.2) is 0 Å². The molecule has 96 valence electrons. The summed E-state index contributed by atoms with van der Waals surface area (Å²) in [7, 11) is 0. The zero-order valence-corrected chi connectivity index (χ0v) is 11.5. The topological polar surface area (TPSA) is 51.4 Å². The first-order chi connectivity index (χ1) is 8.04. The van der Waals surface area contributed by atoms with Crippen molar-refractivity contribution in [2.45, 2.75) is 45.6 Å². The normalized spacial score (nSPS) is 28.2. The zero-order valence-electron chi connectivity index (χ0n) is 10.7. The van der Waals surface area contributed by atoms with E-state index >= 15 is 0 Å². The van der Waals surface area contributed by atoms with Gasteiger partial charge in [-0.3, -0.25) is 4.90 Å². The maximum Gasteiger partial charge on any atom is 0.109 e. The first-order valence-corrected chi connectivity index (χ1v) is 7.00. The first kappa shape index (κ1) is 13.0. The summed E-state index contributed by atoms with van der Waals surface area (Å²) in [5.74, 6) is 0. The van der Waals surface area contributed by atoms with Crippen LogP contribution in [0.2, 0.25) is 0 Å². The number of hydrogen-bond acceptors (Lipinski definition) is 5. The maximum atomic E-state index is 5.82. The van der Waals surface area contributed by atoms with E-state index in [1.165, 1.54) is 0 Å². The molecule has 4 nitrogen and oxygen atoms in total. The Morgan fingerprint density at radius 1 is 1.53 bits per heavy atom. The van der Waals surface area contributed by atoms with E-state index in [4.69, 9.17) is 10.5 Å². The third kappa shape index (κ3) is 3.48. The van der Waals surface area contributed by atoms with Gasteiger partial charge in [0.2, 0.25) is 0 Å². The van der Waals surface area contributed by atoms with Crippen molar-refractivity contribution in [1.82, 2.24) is 9.88 Å². The Morgan fingerprint density at radius 2 is 2.18 bits per heavy atom. The van der Waals surface area contributed by atoms with E-state index in [2.05, 4.69) is 29.1 Å². The molecule has 1 aliphatic rings. The van der Waals surface area contributed by atoms with Crippen molar-refractivity contribution in [3.8, 4) is 0 Å². The van der Waals surface area contributed by atoms with E-state index in [0.29, 0.717) is 12.2 Å². The lowest BCUT2D eigenvalue weighted by atomic mass is 10.2. The molecule has 1 aromatic rings. The Hall–Kier alpha value is -0.490. The molecule has 0 radical (unpaired) electrons. The molecule has 1 unspecified atom stereocenters. The van der Waals surface area contributed by atoms with Crippen LogP contribution in [0.5, 0.6) is 0 Å². The summed E-state index contributed by atoms with van der Waals surface area (Å²) < 4.78 is 5.72. The summed E-state index contributed by atoms with van der Waals surface area (Å²) in [6.07, 6.45) is 0.621. The van der Waals surface area contributed by atoms with Crippen molar-refractivity contribution in [1.29, 1.82) is 0 Å². The van der Waals surface area contributed by atoms with Crippen LogP contribution in [0, 0.1) is 0 Å². The van der Waals surface area contributed by atoms with Crippen LogP contribution in [0.4, 0.5) is 0 Å². The Labute approximate surface area is 107 Å². The van der Waals surface area contributed by atoms with Crippen LogP contribution in [0.1, 0.15) is 37.5 Å². The van der Waals surface area contributed by atoms with Crippen molar-refractivity contribution in [2.75, 3.05) is 13.1 Å². The lowest BCUT2D eigenvalue weighted by Gasteiger charge is -2.34. The highest BCUT2D eigenvalue weighted by molar-refractivity contribution is 7.09. The van der Waals surface area contributed by atoms with Gasteiger partial charge < -0.3 is 10.5 Å². The minimum absolute atomic E-state index is 0.0382. The largest absolute Gasteiger partial charge is 0.373 e. The van der Waals surface area contributed by atoms with Gasteiger partial charge in [-0.05, 0) is 20.8 Å². The molecule has 0 bridgehead atoms. The fourth-order valence-corrected chi connectivity index (χ4v) is 3.02. The van der Waals surface area contributed by atoms with Gasteiger partial charge in [-0.25, -0.2) is 4.98 Å². The number of hydrogen-bond donors (Lipinski definition) is 1. The van der Waals surface area contributed by atoms with Crippen LogP contribution >= 0.6 is 11.3 Å². The van der Waals surface area contributed by atoms with E-state index in [-0.39, 0.29) is 6.04 Å². The highest BCUT2D eigenvalue weighted by atomic mass is 32.1. The van der Waals surface area contributed by atoms with Gasteiger partial charge in [-0.2, -0.15) is 0 Å². The molecule has 3 atom stereocenters. The van der Waals surface area contributed by atoms with Crippen molar-refractivity contribution in [3.05, 3.63) is 16.1 Å². The van der Waals surface area contributed by atoms with Crippen molar-refractivity contribution in [3.63, 3.8) is 0 Å². The van der Waals surface area contributed by atoms with E-state index in [9.17, 15) is 0 Å². The van der Waals surface area contributed by atoms with E-state index < -0.39 is 0 Å². The molecule has 0 aromatic carbocycles. The summed E-state index contributed by atoms with van der Waals surface area (Å²) in [6, 6.07) is 0.0382. The number of nitrogens with two attached hydrogens (primary N) is 1. The average molecular weight is 255 g/mol. The lowest BCUT2D eigenvalue weighted by molar-refractivity contribution is -0.0707. The van der Waals surface area contributed by atoms with Gasteiger partial charge in [-0.1, -0.05) is 0 Å². The molecule has 0 saturated carbocycles. The number of thiazole rings is 1. The number of morpholine rings is 1. The highest BCUT2D eigenvalue weighted by Gasteiger charge is 2.22. The van der Waals surface area contributed by atoms with Gasteiger partial charge in [0, 0.05) is 25.0 Å². The molecule has 0 amide bonds. The fraction of sp³-hybridized carbons (Fsp3) is 0.750. The quantitative estimate of drug-likeness (QED) is 0.894. The summed E-state index contributed by atoms with van der Waals surface area (Å²) in [6.45, 7) is 9.09. The van der Waals surface area contributed by atoms with Crippen molar-refractivity contribution < 1.29 is 4.74 Å². The predicted octanol–water partition coefficient (Wildman–Crippen LogP) is 1.77. The summed E-state index contributed by atoms with van der Waals surface area (Å²) >= 11 is 1.65. The summed E-state index contributed by atoms with van der Waals surface area (Å²) in [4.78, 5) is 6.97. The van der Waals surface area contributed by atoms with Crippen LogP contribution in [0.3, 0.4) is 0 Å². The second-order valence-electron chi connectivity index (χ2n) is 4.92. The number of ether oxygens (including phenoxy) is 1. The summed E-state index contributed by atoms with van der Waals surface area (Å²) in [5.41, 5.74) is 6.95. The van der Waals surface area contributed by atoms with Gasteiger partial charge >= 0.3 is 0 Å². The molecule has 5 heteroatoms. The SMILES string of the molecule is CC(N)c1nc(CN2C[C@@H](C)O[C@@H](C)C2)cs1. The third-order valence-corrected chi connectivity index (χ3v) is 3.93. The molecule has 2 heterocycles. The van der Waals surface area contributed by atoms with Gasteiger partial charge in [0.1, 0.15) is 5.01 Å². The van der Waals surface area contributed by atoms with Gasteiger partial charge in [-0.15, -0.1) is 11.3 Å². The molecular formula is C12H21N3OS. The molecule has 1 saturated heterocycles. The molecule has 1 fully saturated rings. The monoisotopic (exact) mass is 255 g/mol. The Bertz CT molecular complexity index is 356. The standard InChI is InChI=1S/C12H21N3OS/c1-8-4-15(5-9(2)16-8)6-11-7-17-12(14-11)10(3)13/h7-10H,4-6,13H2,1-3H3/t8-,9+,10?. The van der Waals surface area contributed by atoms with Gasteiger partial charge in [0.25, 0.3) is 0 Å². The van der Waals surface area contributed by atoms with E-state index in [1.807, 2.05) is 6.92 Å². The molecule has 17 heavy (non-hydrogen) atoms. The second kappa shape index (κ2) is 5.44. The molecule has 0 spiro atoms. The van der Waals surface area contributed by atoms with Gasteiger partial charge in [0.05, 0.1) is 23.9 Å². The molecular weight excluding hydrogens is 234 g/mol.